The molecule has 1 heterocycles. The van der Waals surface area contributed by atoms with Crippen molar-refractivity contribution in [1.82, 2.24) is 4.90 Å². The van der Waals surface area contributed by atoms with Gasteiger partial charge < -0.3 is 24.1 Å². The summed E-state index contributed by atoms with van der Waals surface area (Å²) in [7, 11) is 8.58. The molecular weight excluding hydrogens is 398 g/mol. The summed E-state index contributed by atoms with van der Waals surface area (Å²) in [6, 6.07) is 10.2. The molecule has 0 aliphatic carbocycles. The van der Waals surface area contributed by atoms with Gasteiger partial charge in [-0.1, -0.05) is 6.07 Å². The fourth-order valence-corrected chi connectivity index (χ4v) is 4.38. The Hall–Kier alpha value is -2.93. The molecule has 0 saturated carbocycles. The molecule has 31 heavy (non-hydrogen) atoms. The van der Waals surface area contributed by atoms with Gasteiger partial charge in [0.2, 0.25) is 0 Å². The zero-order chi connectivity index (χ0) is 22.5. The number of benzene rings is 2. The molecule has 0 bridgehead atoms. The van der Waals surface area contributed by atoms with E-state index >= 15 is 0 Å². The first-order chi connectivity index (χ1) is 14.9. The Balaban J connectivity index is 2.01. The highest BCUT2D eigenvalue weighted by molar-refractivity contribution is 5.66. The summed E-state index contributed by atoms with van der Waals surface area (Å²) < 4.78 is 21.9. The number of nitrogens with zero attached hydrogens (tertiary/aromatic N) is 1. The van der Waals surface area contributed by atoms with E-state index in [1.807, 2.05) is 30.3 Å². The summed E-state index contributed by atoms with van der Waals surface area (Å²) in [4.78, 5) is 13.5. The lowest BCUT2D eigenvalue weighted by molar-refractivity contribution is -0.137. The Kier molecular flexibility index (Phi) is 7.28. The van der Waals surface area contributed by atoms with Crippen LogP contribution in [0.5, 0.6) is 23.0 Å². The fourth-order valence-electron chi connectivity index (χ4n) is 4.38. The van der Waals surface area contributed by atoms with Crippen LogP contribution in [0.3, 0.4) is 0 Å². The minimum atomic E-state index is -0.775. The summed E-state index contributed by atoms with van der Waals surface area (Å²) in [6.07, 6.45) is 2.23. The van der Waals surface area contributed by atoms with Crippen LogP contribution in [0.2, 0.25) is 0 Å². The first-order valence-electron chi connectivity index (χ1n) is 10.3. The molecule has 2 atom stereocenters. The first-order valence-corrected chi connectivity index (χ1v) is 10.3. The Morgan fingerprint density at radius 3 is 2.19 bits per heavy atom. The molecule has 0 fully saturated rings. The lowest BCUT2D eigenvalue weighted by atomic mass is 9.84. The highest BCUT2D eigenvalue weighted by Crippen LogP contribution is 2.42. The average molecular weight is 430 g/mol. The molecule has 0 unspecified atom stereocenters. The number of rotatable bonds is 9. The Morgan fingerprint density at radius 2 is 1.58 bits per heavy atom. The van der Waals surface area contributed by atoms with Gasteiger partial charge in [0, 0.05) is 18.5 Å². The van der Waals surface area contributed by atoms with Crippen LogP contribution in [-0.4, -0.2) is 57.5 Å². The third-order valence-corrected chi connectivity index (χ3v) is 6.10. The summed E-state index contributed by atoms with van der Waals surface area (Å²) in [5.41, 5.74) is 3.44. The molecule has 1 N–H and O–H groups in total. The molecular formula is C24H31NO6. The third kappa shape index (κ3) is 4.88. The number of aliphatic carboxylic acids is 1. The Labute approximate surface area is 183 Å². The Morgan fingerprint density at radius 1 is 0.968 bits per heavy atom. The van der Waals surface area contributed by atoms with Crippen molar-refractivity contribution in [1.29, 1.82) is 0 Å². The van der Waals surface area contributed by atoms with E-state index in [1.54, 1.807) is 28.4 Å². The van der Waals surface area contributed by atoms with Gasteiger partial charge in [-0.15, -0.1) is 0 Å². The predicted molar refractivity (Wildman–Crippen MR) is 118 cm³/mol. The van der Waals surface area contributed by atoms with E-state index in [2.05, 4.69) is 11.9 Å². The van der Waals surface area contributed by atoms with Crippen molar-refractivity contribution in [3.63, 3.8) is 0 Å². The van der Waals surface area contributed by atoms with Gasteiger partial charge in [-0.2, -0.15) is 0 Å². The highest BCUT2D eigenvalue weighted by Gasteiger charge is 2.33. The normalized spacial score (nSPS) is 18.2. The van der Waals surface area contributed by atoms with E-state index in [-0.39, 0.29) is 18.5 Å². The van der Waals surface area contributed by atoms with Crippen molar-refractivity contribution in [3.8, 4) is 23.0 Å². The molecule has 0 amide bonds. The van der Waals surface area contributed by atoms with Crippen molar-refractivity contribution in [2.75, 3.05) is 35.5 Å². The second kappa shape index (κ2) is 9.92. The second-order valence-corrected chi connectivity index (χ2v) is 7.77. The third-order valence-electron chi connectivity index (χ3n) is 6.10. The maximum atomic E-state index is 11.2. The van der Waals surface area contributed by atoms with E-state index in [4.69, 9.17) is 18.9 Å². The highest BCUT2D eigenvalue weighted by atomic mass is 16.5. The van der Waals surface area contributed by atoms with Gasteiger partial charge in [0.15, 0.2) is 23.0 Å². The fraction of sp³-hybridized carbons (Fsp3) is 0.458. The molecule has 1 aliphatic rings. The summed E-state index contributed by atoms with van der Waals surface area (Å²) >= 11 is 0. The number of carbonyl (C=O) groups is 1. The van der Waals surface area contributed by atoms with Crippen molar-refractivity contribution < 1.29 is 28.8 Å². The number of hydrogen-bond acceptors (Lipinski definition) is 6. The monoisotopic (exact) mass is 429 g/mol. The molecule has 0 saturated heterocycles. The topological polar surface area (TPSA) is 77.5 Å². The number of carboxylic acid groups (broad SMARTS) is 1. The molecule has 3 rings (SSSR count). The van der Waals surface area contributed by atoms with Crippen LogP contribution >= 0.6 is 0 Å². The standard InChI is InChI=1S/C24H31NO6/c1-25-17(7-9-24(26)27)12-16-13-22(30-4)23(31-5)14-18(16)19(25)10-15-6-8-20(28-2)21(11-15)29-3/h6,8,11,13-14,17,19H,7,9-10,12H2,1-5H3,(H,26,27)/t17-,19-/m1/s1. The average Bonchev–Trinajstić information content (AvgIpc) is 2.78. The summed E-state index contributed by atoms with van der Waals surface area (Å²) in [5, 5.41) is 9.20. The molecule has 7 heteroatoms. The minimum Gasteiger partial charge on any atom is -0.493 e. The number of hydrogen-bond donors (Lipinski definition) is 1. The van der Waals surface area contributed by atoms with E-state index in [9.17, 15) is 9.90 Å². The van der Waals surface area contributed by atoms with Gasteiger partial charge in [0.05, 0.1) is 28.4 Å². The summed E-state index contributed by atoms with van der Waals surface area (Å²) in [6.45, 7) is 0. The largest absolute Gasteiger partial charge is 0.493 e. The van der Waals surface area contributed by atoms with Gasteiger partial charge >= 0.3 is 5.97 Å². The zero-order valence-electron chi connectivity index (χ0n) is 18.8. The van der Waals surface area contributed by atoms with Crippen LogP contribution in [0.1, 0.15) is 35.6 Å². The SMILES string of the molecule is COc1ccc(C[C@@H]2c3cc(OC)c(OC)cc3C[C@@H](CCC(=O)O)N2C)cc1OC. The number of fused-ring (bicyclic) bond motifs is 1. The van der Waals surface area contributed by atoms with Crippen LogP contribution in [-0.2, 0) is 17.6 Å². The van der Waals surface area contributed by atoms with Gasteiger partial charge in [-0.05, 0) is 67.3 Å². The molecule has 2 aromatic carbocycles. The van der Waals surface area contributed by atoms with Crippen LogP contribution in [0.25, 0.3) is 0 Å². The number of ether oxygens (including phenoxy) is 4. The lowest BCUT2D eigenvalue weighted by Gasteiger charge is -2.41. The van der Waals surface area contributed by atoms with Crippen molar-refractivity contribution in [2.24, 2.45) is 0 Å². The zero-order valence-corrected chi connectivity index (χ0v) is 18.8. The number of carboxylic acids is 1. The maximum absolute atomic E-state index is 11.2. The van der Waals surface area contributed by atoms with Crippen LogP contribution in [0, 0.1) is 0 Å². The first kappa shape index (κ1) is 22.7. The molecule has 1 aliphatic heterocycles. The van der Waals surface area contributed by atoms with Crippen molar-refractivity contribution in [3.05, 3.63) is 47.0 Å². The van der Waals surface area contributed by atoms with Crippen molar-refractivity contribution >= 4 is 5.97 Å². The van der Waals surface area contributed by atoms with E-state index in [0.717, 1.165) is 24.0 Å². The smallest absolute Gasteiger partial charge is 0.303 e. The van der Waals surface area contributed by atoms with Crippen LogP contribution in [0.4, 0.5) is 0 Å². The molecule has 0 radical (unpaired) electrons. The van der Waals surface area contributed by atoms with Gasteiger partial charge in [0.1, 0.15) is 0 Å². The Bertz CT molecular complexity index is 929. The van der Waals surface area contributed by atoms with Crippen molar-refractivity contribution in [2.45, 2.75) is 37.8 Å². The van der Waals surface area contributed by atoms with Gasteiger partial charge in [-0.3, -0.25) is 9.69 Å². The van der Waals surface area contributed by atoms with Gasteiger partial charge in [0.25, 0.3) is 0 Å². The van der Waals surface area contributed by atoms with Crippen LogP contribution in [0.15, 0.2) is 30.3 Å². The number of methoxy groups -OCH3 is 4. The molecule has 0 spiro atoms. The maximum Gasteiger partial charge on any atom is 0.303 e. The van der Waals surface area contributed by atoms with Gasteiger partial charge in [-0.25, -0.2) is 0 Å². The molecule has 168 valence electrons. The molecule has 0 aromatic heterocycles. The lowest BCUT2D eigenvalue weighted by Crippen LogP contribution is -2.42. The quantitative estimate of drug-likeness (QED) is 0.651. The predicted octanol–water partition coefficient (Wildman–Crippen LogP) is 3.73. The van der Waals surface area contributed by atoms with E-state index < -0.39 is 5.97 Å². The van der Waals surface area contributed by atoms with E-state index in [1.165, 1.54) is 5.56 Å². The molecule has 7 nitrogen and oxygen atoms in total. The van der Waals surface area contributed by atoms with E-state index in [0.29, 0.717) is 29.4 Å². The second-order valence-electron chi connectivity index (χ2n) is 7.77. The van der Waals surface area contributed by atoms with Crippen LogP contribution < -0.4 is 18.9 Å². The molecule has 2 aromatic rings. The minimum absolute atomic E-state index is 0.0560. The number of likely N-dealkylation sites (N-methyl/N-ethyl adjacent to an activating group) is 1. The summed E-state index contributed by atoms with van der Waals surface area (Å²) in [5.74, 6) is 1.98.